The Kier molecular flexibility index (Phi) is 4.61. The lowest BCUT2D eigenvalue weighted by Crippen LogP contribution is -2.53. The van der Waals surface area contributed by atoms with E-state index < -0.39 is 47.0 Å². The van der Waals surface area contributed by atoms with Crippen molar-refractivity contribution in [2.45, 2.75) is 31.5 Å². The summed E-state index contributed by atoms with van der Waals surface area (Å²) in [6.07, 6.45) is -0.177. The van der Waals surface area contributed by atoms with Crippen LogP contribution >= 0.6 is 11.6 Å². The Balaban J connectivity index is 1.64. The number of nitrogens with one attached hydrogen (secondary N) is 2. The van der Waals surface area contributed by atoms with Gasteiger partial charge in [-0.05, 0) is 24.1 Å². The van der Waals surface area contributed by atoms with E-state index in [1.54, 1.807) is 12.1 Å². The van der Waals surface area contributed by atoms with Gasteiger partial charge in [0.1, 0.15) is 5.54 Å². The van der Waals surface area contributed by atoms with Crippen LogP contribution in [0.2, 0.25) is 5.02 Å². The van der Waals surface area contributed by atoms with Crippen LogP contribution in [-0.2, 0) is 31.3 Å². The molecule has 2 aromatic carbocycles. The number of hydrogen-bond acceptors (Lipinski definition) is 5. The summed E-state index contributed by atoms with van der Waals surface area (Å²) in [6.45, 7) is 1.92. The minimum Gasteiger partial charge on any atom is -0.370 e. The Morgan fingerprint density at radius 1 is 1.16 bits per heavy atom. The van der Waals surface area contributed by atoms with Gasteiger partial charge in [0.25, 0.3) is 0 Å². The molecule has 5 rings (SSSR count). The number of anilines is 1. The summed E-state index contributed by atoms with van der Waals surface area (Å²) in [5.74, 6) is -3.87. The molecule has 0 aliphatic carbocycles. The lowest BCUT2D eigenvalue weighted by molar-refractivity contribution is -0.143. The summed E-state index contributed by atoms with van der Waals surface area (Å²) in [5, 5.41) is 6.29. The summed E-state index contributed by atoms with van der Waals surface area (Å²) < 4.78 is 0. The Morgan fingerprint density at radius 3 is 2.56 bits per heavy atom. The van der Waals surface area contributed by atoms with E-state index in [9.17, 15) is 19.2 Å². The normalized spacial score (nSPS) is 28.2. The van der Waals surface area contributed by atoms with E-state index in [-0.39, 0.29) is 13.0 Å². The van der Waals surface area contributed by atoms with Crippen LogP contribution in [0.5, 0.6) is 0 Å². The first-order chi connectivity index (χ1) is 15.2. The van der Waals surface area contributed by atoms with Crippen LogP contribution in [0.25, 0.3) is 0 Å². The van der Waals surface area contributed by atoms with E-state index in [1.807, 2.05) is 37.3 Å². The number of hydrogen-bond donors (Lipinski definition) is 3. The molecule has 2 fully saturated rings. The number of benzene rings is 2. The SMILES string of the molecule is Cc1cc(Cl)c2c(c1)[C@]1(N[C@H](CC(N)=O)[C@H]3C(=O)N(Cc4ccccc4)C(=O)[C@H]31)C(=O)N2. The standard InChI is InChI=1S/C23H21ClN4O4/c1-11-7-13-19(14(24)8-11)26-22(32)23(13)18-17(15(27-23)9-16(25)29)20(30)28(21(18)31)10-12-5-3-2-4-6-12/h2-8,15,17-18,27H,9-10H2,1H3,(H2,25,29)(H,26,32)/t15-,17-,18+,23-/m1/s1. The number of primary amides is 1. The number of halogens is 1. The molecule has 1 spiro atoms. The fourth-order valence-corrected chi connectivity index (χ4v) is 5.69. The third kappa shape index (κ3) is 2.79. The molecule has 3 aliphatic heterocycles. The second-order valence-electron chi connectivity index (χ2n) is 8.60. The Morgan fingerprint density at radius 2 is 1.88 bits per heavy atom. The third-order valence-corrected chi connectivity index (χ3v) is 6.91. The van der Waals surface area contributed by atoms with Crippen molar-refractivity contribution in [3.8, 4) is 0 Å². The van der Waals surface area contributed by atoms with E-state index in [2.05, 4.69) is 10.6 Å². The average molecular weight is 453 g/mol. The monoisotopic (exact) mass is 452 g/mol. The fourth-order valence-electron chi connectivity index (χ4n) is 5.37. The van der Waals surface area contributed by atoms with Gasteiger partial charge in [-0.3, -0.25) is 29.4 Å². The molecule has 4 atom stereocenters. The number of fused-ring (bicyclic) bond motifs is 4. The van der Waals surface area contributed by atoms with Crippen molar-refractivity contribution in [1.82, 2.24) is 10.2 Å². The van der Waals surface area contributed by atoms with Crippen LogP contribution in [0.15, 0.2) is 42.5 Å². The maximum atomic E-state index is 13.7. The molecule has 0 aromatic heterocycles. The molecule has 4 N–H and O–H groups in total. The molecule has 2 aromatic rings. The predicted octanol–water partition coefficient (Wildman–Crippen LogP) is 1.44. The highest BCUT2D eigenvalue weighted by molar-refractivity contribution is 6.35. The molecule has 0 saturated carbocycles. The summed E-state index contributed by atoms with van der Waals surface area (Å²) in [7, 11) is 0. The summed E-state index contributed by atoms with van der Waals surface area (Å²) >= 11 is 6.39. The molecule has 8 nitrogen and oxygen atoms in total. The maximum absolute atomic E-state index is 13.7. The highest BCUT2D eigenvalue weighted by atomic mass is 35.5. The Labute approximate surface area is 189 Å². The summed E-state index contributed by atoms with van der Waals surface area (Å²) in [6, 6.07) is 11.9. The Hall–Kier alpha value is -3.23. The zero-order valence-corrected chi connectivity index (χ0v) is 18.0. The lowest BCUT2D eigenvalue weighted by atomic mass is 9.76. The Bertz CT molecular complexity index is 1180. The molecule has 3 heterocycles. The van der Waals surface area contributed by atoms with Gasteiger partial charge in [-0.25, -0.2) is 0 Å². The van der Waals surface area contributed by atoms with Gasteiger partial charge in [-0.1, -0.05) is 48.0 Å². The lowest BCUT2D eigenvalue weighted by Gasteiger charge is -2.29. The van der Waals surface area contributed by atoms with Gasteiger partial charge in [0.15, 0.2) is 0 Å². The highest BCUT2D eigenvalue weighted by Gasteiger charge is 2.70. The first-order valence-electron chi connectivity index (χ1n) is 10.3. The maximum Gasteiger partial charge on any atom is 0.250 e. The van der Waals surface area contributed by atoms with Crippen molar-refractivity contribution in [3.05, 3.63) is 64.2 Å². The molecule has 4 amide bonds. The molecule has 164 valence electrons. The molecular weight excluding hydrogens is 432 g/mol. The number of carbonyl (C=O) groups is 4. The third-order valence-electron chi connectivity index (χ3n) is 6.62. The van der Waals surface area contributed by atoms with Crippen LogP contribution in [0, 0.1) is 18.8 Å². The van der Waals surface area contributed by atoms with Gasteiger partial charge in [0, 0.05) is 18.0 Å². The number of likely N-dealkylation sites (tertiary alicyclic amines) is 1. The van der Waals surface area contributed by atoms with Gasteiger partial charge in [0.05, 0.1) is 29.1 Å². The van der Waals surface area contributed by atoms with Gasteiger partial charge in [-0.2, -0.15) is 0 Å². The number of rotatable bonds is 4. The first kappa shape index (κ1) is 20.7. The van der Waals surface area contributed by atoms with Crippen LogP contribution in [0.3, 0.4) is 0 Å². The zero-order valence-electron chi connectivity index (χ0n) is 17.2. The minimum absolute atomic E-state index is 0.0912. The smallest absolute Gasteiger partial charge is 0.250 e. The minimum atomic E-state index is -1.51. The van der Waals surface area contributed by atoms with E-state index in [0.717, 1.165) is 11.1 Å². The molecule has 2 saturated heterocycles. The van der Waals surface area contributed by atoms with E-state index in [1.165, 1.54) is 4.90 Å². The van der Waals surface area contributed by atoms with Crippen molar-refractivity contribution in [2.75, 3.05) is 5.32 Å². The molecule has 3 aliphatic rings. The largest absolute Gasteiger partial charge is 0.370 e. The van der Waals surface area contributed by atoms with Crippen LogP contribution in [-0.4, -0.2) is 34.6 Å². The highest BCUT2D eigenvalue weighted by Crippen LogP contribution is 2.54. The van der Waals surface area contributed by atoms with Gasteiger partial charge < -0.3 is 11.1 Å². The number of nitrogens with two attached hydrogens (primary N) is 1. The van der Waals surface area contributed by atoms with Gasteiger partial charge in [-0.15, -0.1) is 0 Å². The van der Waals surface area contributed by atoms with Gasteiger partial charge >= 0.3 is 0 Å². The van der Waals surface area contributed by atoms with Crippen molar-refractivity contribution in [2.24, 2.45) is 17.6 Å². The second-order valence-corrected chi connectivity index (χ2v) is 9.01. The van der Waals surface area contributed by atoms with E-state index >= 15 is 0 Å². The molecule has 0 bridgehead atoms. The first-order valence-corrected chi connectivity index (χ1v) is 10.7. The van der Waals surface area contributed by atoms with Crippen LogP contribution in [0.1, 0.15) is 23.1 Å². The average Bonchev–Trinajstić information content (AvgIpc) is 3.30. The second kappa shape index (κ2) is 7.15. The summed E-state index contributed by atoms with van der Waals surface area (Å²) in [5.41, 5.74) is 6.46. The van der Waals surface area contributed by atoms with Crippen LogP contribution < -0.4 is 16.4 Å². The zero-order chi connectivity index (χ0) is 22.8. The molecule has 32 heavy (non-hydrogen) atoms. The molecular formula is C23H21ClN4O4. The fraction of sp³-hybridized carbons (Fsp3) is 0.304. The number of carbonyl (C=O) groups excluding carboxylic acids is 4. The van der Waals surface area contributed by atoms with Gasteiger partial charge in [0.2, 0.25) is 23.6 Å². The predicted molar refractivity (Wildman–Crippen MR) is 116 cm³/mol. The number of nitrogens with zero attached hydrogens (tertiary/aromatic N) is 1. The van der Waals surface area contributed by atoms with Crippen molar-refractivity contribution in [1.29, 1.82) is 0 Å². The quantitative estimate of drug-likeness (QED) is 0.606. The van der Waals surface area contributed by atoms with E-state index in [4.69, 9.17) is 17.3 Å². The van der Waals surface area contributed by atoms with Crippen LogP contribution in [0.4, 0.5) is 5.69 Å². The van der Waals surface area contributed by atoms with Crippen molar-refractivity contribution >= 4 is 40.9 Å². The van der Waals surface area contributed by atoms with Crippen molar-refractivity contribution < 1.29 is 19.2 Å². The van der Waals surface area contributed by atoms with Crippen molar-refractivity contribution in [3.63, 3.8) is 0 Å². The molecule has 0 unspecified atom stereocenters. The molecule has 9 heteroatoms. The summed E-state index contributed by atoms with van der Waals surface area (Å²) in [4.78, 5) is 53.5. The molecule has 0 radical (unpaired) electrons. The topological polar surface area (TPSA) is 122 Å². The number of imide groups is 1. The van der Waals surface area contributed by atoms with E-state index in [0.29, 0.717) is 16.3 Å². The number of amides is 4. The number of aryl methyl sites for hydroxylation is 1.